The predicted octanol–water partition coefficient (Wildman–Crippen LogP) is 0.702. The molecule has 1 rings (SSSR count). The summed E-state index contributed by atoms with van der Waals surface area (Å²) >= 11 is 0. The second-order valence-electron chi connectivity index (χ2n) is 4.28. The Morgan fingerprint density at radius 2 is 2.19 bits per heavy atom. The van der Waals surface area contributed by atoms with E-state index in [2.05, 4.69) is 11.8 Å². The predicted molar refractivity (Wildman–Crippen MR) is 64.2 cm³/mol. The van der Waals surface area contributed by atoms with Gasteiger partial charge in [-0.1, -0.05) is 13.3 Å². The van der Waals surface area contributed by atoms with Crippen molar-refractivity contribution in [1.29, 1.82) is 0 Å². The van der Waals surface area contributed by atoms with Gasteiger partial charge < -0.3 is 10.0 Å². The van der Waals surface area contributed by atoms with Crippen molar-refractivity contribution >= 4 is 5.91 Å². The number of aliphatic hydroxyl groups is 1. The number of hydrogen-bond donors (Lipinski definition) is 1. The Morgan fingerprint density at radius 3 is 2.75 bits per heavy atom. The molecule has 0 bridgehead atoms. The molecule has 1 atom stereocenters. The fourth-order valence-electron chi connectivity index (χ4n) is 2.40. The lowest BCUT2D eigenvalue weighted by Crippen LogP contribution is -2.51. The molecule has 4 heteroatoms. The van der Waals surface area contributed by atoms with Crippen molar-refractivity contribution in [3.8, 4) is 0 Å². The number of likely N-dealkylation sites (tertiary alicyclic amines) is 1. The number of likely N-dealkylation sites (N-methyl/N-ethyl adjacent to an activating group) is 2. The Morgan fingerprint density at radius 1 is 1.44 bits per heavy atom. The van der Waals surface area contributed by atoms with Crippen LogP contribution < -0.4 is 0 Å². The van der Waals surface area contributed by atoms with Gasteiger partial charge in [-0.3, -0.25) is 9.69 Å². The lowest BCUT2D eigenvalue weighted by Gasteiger charge is -2.36. The number of amides is 1. The largest absolute Gasteiger partial charge is 0.395 e. The highest BCUT2D eigenvalue weighted by Gasteiger charge is 2.30. The molecule has 1 N–H and O–H groups in total. The fourth-order valence-corrected chi connectivity index (χ4v) is 2.40. The zero-order chi connectivity index (χ0) is 12.0. The van der Waals surface area contributed by atoms with E-state index in [1.165, 1.54) is 6.42 Å². The van der Waals surface area contributed by atoms with Crippen LogP contribution in [-0.4, -0.2) is 59.6 Å². The van der Waals surface area contributed by atoms with Gasteiger partial charge in [0.1, 0.15) is 0 Å². The second-order valence-corrected chi connectivity index (χ2v) is 4.28. The molecule has 0 spiro atoms. The van der Waals surface area contributed by atoms with Crippen LogP contribution in [0.4, 0.5) is 0 Å². The number of nitrogens with zero attached hydrogens (tertiary/aromatic N) is 2. The van der Waals surface area contributed by atoms with Crippen molar-refractivity contribution in [2.45, 2.75) is 39.2 Å². The Hall–Kier alpha value is -0.610. The highest BCUT2D eigenvalue weighted by Crippen LogP contribution is 2.18. The van der Waals surface area contributed by atoms with Gasteiger partial charge in [-0.15, -0.1) is 0 Å². The molecule has 0 aromatic carbocycles. The Balaban J connectivity index is 2.61. The molecule has 16 heavy (non-hydrogen) atoms. The molecule has 1 heterocycles. The maximum Gasteiger partial charge on any atom is 0.239 e. The molecule has 1 aliphatic rings. The Kier molecular flexibility index (Phi) is 5.77. The van der Waals surface area contributed by atoms with E-state index in [4.69, 9.17) is 5.11 Å². The van der Waals surface area contributed by atoms with Crippen molar-refractivity contribution < 1.29 is 9.90 Å². The quantitative estimate of drug-likeness (QED) is 0.753. The van der Waals surface area contributed by atoms with Gasteiger partial charge in [0.2, 0.25) is 5.91 Å². The molecule has 0 radical (unpaired) electrons. The van der Waals surface area contributed by atoms with Gasteiger partial charge in [0.25, 0.3) is 0 Å². The van der Waals surface area contributed by atoms with E-state index in [-0.39, 0.29) is 18.6 Å². The van der Waals surface area contributed by atoms with Crippen LogP contribution in [0.2, 0.25) is 0 Å². The van der Waals surface area contributed by atoms with Crippen LogP contribution in [0.1, 0.15) is 33.1 Å². The standard InChI is InChI=1S/C12H24N2O2/c1-3-13-8-6-5-7-11(13)12(16)14(4-2)9-10-15/h11,15H,3-10H2,1-2H3. The molecule has 0 saturated carbocycles. The minimum absolute atomic E-state index is 0.0465. The van der Waals surface area contributed by atoms with E-state index >= 15 is 0 Å². The summed E-state index contributed by atoms with van der Waals surface area (Å²) in [6.07, 6.45) is 3.31. The average Bonchev–Trinajstić information content (AvgIpc) is 2.35. The lowest BCUT2D eigenvalue weighted by molar-refractivity contribution is -0.138. The molecule has 1 fully saturated rings. The van der Waals surface area contributed by atoms with Crippen LogP contribution in [0.15, 0.2) is 0 Å². The maximum absolute atomic E-state index is 12.3. The SMILES string of the molecule is CCN(CCO)C(=O)C1CCCCN1CC. The van der Waals surface area contributed by atoms with Crippen molar-refractivity contribution in [3.63, 3.8) is 0 Å². The lowest BCUT2D eigenvalue weighted by atomic mass is 10.0. The molecule has 1 aliphatic heterocycles. The number of carbonyl (C=O) groups excluding carboxylic acids is 1. The van der Waals surface area contributed by atoms with Gasteiger partial charge in [-0.05, 0) is 32.9 Å². The number of hydrogen-bond acceptors (Lipinski definition) is 3. The molecule has 1 amide bonds. The van der Waals surface area contributed by atoms with Gasteiger partial charge in [-0.25, -0.2) is 0 Å². The van der Waals surface area contributed by atoms with Crippen molar-refractivity contribution in [2.75, 3.05) is 32.8 Å². The average molecular weight is 228 g/mol. The zero-order valence-electron chi connectivity index (χ0n) is 10.5. The summed E-state index contributed by atoms with van der Waals surface area (Å²) in [7, 11) is 0. The first-order valence-electron chi connectivity index (χ1n) is 6.38. The van der Waals surface area contributed by atoms with Crippen LogP contribution in [0.3, 0.4) is 0 Å². The van der Waals surface area contributed by atoms with E-state index in [1.54, 1.807) is 4.90 Å². The van der Waals surface area contributed by atoms with Gasteiger partial charge in [0.05, 0.1) is 12.6 Å². The maximum atomic E-state index is 12.3. The molecular weight excluding hydrogens is 204 g/mol. The van der Waals surface area contributed by atoms with Crippen LogP contribution in [0.5, 0.6) is 0 Å². The fraction of sp³-hybridized carbons (Fsp3) is 0.917. The Labute approximate surface area is 98.2 Å². The van der Waals surface area contributed by atoms with E-state index < -0.39 is 0 Å². The molecule has 1 unspecified atom stereocenters. The summed E-state index contributed by atoms with van der Waals surface area (Å²) in [6.45, 7) is 7.24. The molecule has 0 aromatic rings. The number of rotatable bonds is 5. The number of carbonyl (C=O) groups is 1. The zero-order valence-corrected chi connectivity index (χ0v) is 10.5. The highest BCUT2D eigenvalue weighted by molar-refractivity contribution is 5.82. The normalized spacial score (nSPS) is 22.1. The van der Waals surface area contributed by atoms with Gasteiger partial charge in [0.15, 0.2) is 0 Å². The van der Waals surface area contributed by atoms with Crippen LogP contribution in [-0.2, 0) is 4.79 Å². The minimum Gasteiger partial charge on any atom is -0.395 e. The highest BCUT2D eigenvalue weighted by atomic mass is 16.3. The third kappa shape index (κ3) is 3.19. The second kappa shape index (κ2) is 6.86. The van der Waals surface area contributed by atoms with Crippen molar-refractivity contribution in [1.82, 2.24) is 9.80 Å². The summed E-state index contributed by atoms with van der Waals surface area (Å²) in [5.74, 6) is 0.193. The van der Waals surface area contributed by atoms with Crippen LogP contribution in [0, 0.1) is 0 Å². The summed E-state index contributed by atoms with van der Waals surface area (Å²) in [6, 6.07) is 0.0465. The summed E-state index contributed by atoms with van der Waals surface area (Å²) < 4.78 is 0. The third-order valence-electron chi connectivity index (χ3n) is 3.37. The molecule has 0 aromatic heterocycles. The van der Waals surface area contributed by atoms with E-state index in [9.17, 15) is 4.79 Å². The van der Waals surface area contributed by atoms with Crippen LogP contribution >= 0.6 is 0 Å². The number of piperidine rings is 1. The molecule has 4 nitrogen and oxygen atoms in total. The van der Waals surface area contributed by atoms with Gasteiger partial charge >= 0.3 is 0 Å². The smallest absolute Gasteiger partial charge is 0.239 e. The summed E-state index contributed by atoms with van der Waals surface area (Å²) in [4.78, 5) is 16.3. The van der Waals surface area contributed by atoms with E-state index in [0.29, 0.717) is 13.1 Å². The monoisotopic (exact) mass is 228 g/mol. The first-order chi connectivity index (χ1) is 7.74. The molecule has 94 valence electrons. The molecule has 1 saturated heterocycles. The van der Waals surface area contributed by atoms with Crippen molar-refractivity contribution in [3.05, 3.63) is 0 Å². The van der Waals surface area contributed by atoms with E-state index in [0.717, 1.165) is 25.9 Å². The first kappa shape index (κ1) is 13.5. The number of aliphatic hydroxyl groups excluding tert-OH is 1. The topological polar surface area (TPSA) is 43.8 Å². The summed E-state index contributed by atoms with van der Waals surface area (Å²) in [5, 5.41) is 8.93. The van der Waals surface area contributed by atoms with Crippen LogP contribution in [0.25, 0.3) is 0 Å². The molecule has 0 aliphatic carbocycles. The first-order valence-corrected chi connectivity index (χ1v) is 6.38. The molecular formula is C12H24N2O2. The van der Waals surface area contributed by atoms with Gasteiger partial charge in [-0.2, -0.15) is 0 Å². The van der Waals surface area contributed by atoms with Gasteiger partial charge in [0, 0.05) is 13.1 Å². The Bertz CT molecular complexity index is 221. The van der Waals surface area contributed by atoms with E-state index in [1.807, 2.05) is 6.92 Å². The summed E-state index contributed by atoms with van der Waals surface area (Å²) in [5.41, 5.74) is 0. The minimum atomic E-state index is 0.0465. The third-order valence-corrected chi connectivity index (χ3v) is 3.37. The van der Waals surface area contributed by atoms with Crippen molar-refractivity contribution in [2.24, 2.45) is 0 Å².